The molecule has 2 N–H and O–H groups in total. The molecule has 1 aliphatic rings. The zero-order valence-electron chi connectivity index (χ0n) is 15.4. The van der Waals surface area contributed by atoms with E-state index in [1.54, 1.807) is 22.7 Å². The van der Waals surface area contributed by atoms with Crippen LogP contribution in [-0.4, -0.2) is 57.2 Å². The predicted molar refractivity (Wildman–Crippen MR) is 106 cm³/mol. The molecule has 0 bridgehead atoms. The normalized spacial score (nSPS) is 18.9. The van der Waals surface area contributed by atoms with Crippen molar-refractivity contribution in [2.24, 2.45) is 4.99 Å². The van der Waals surface area contributed by atoms with Gasteiger partial charge in [0, 0.05) is 43.5 Å². The summed E-state index contributed by atoms with van der Waals surface area (Å²) in [4.78, 5) is 5.66. The Hall–Kier alpha value is -1.12. The fourth-order valence-electron chi connectivity index (χ4n) is 2.98. The molecule has 2 heterocycles. The van der Waals surface area contributed by atoms with Crippen LogP contribution in [0.25, 0.3) is 0 Å². The number of aliphatic imine (C=N–C) groups is 1. The summed E-state index contributed by atoms with van der Waals surface area (Å²) >= 11 is 1.77. The van der Waals surface area contributed by atoms with Crippen LogP contribution >= 0.6 is 11.3 Å². The third kappa shape index (κ3) is 5.97. The Bertz CT molecular complexity index is 636. The van der Waals surface area contributed by atoms with Gasteiger partial charge in [-0.1, -0.05) is 19.9 Å². The number of thiophene rings is 1. The van der Waals surface area contributed by atoms with E-state index in [9.17, 15) is 8.42 Å². The lowest BCUT2D eigenvalue weighted by atomic mass is 10.1. The fourth-order valence-corrected chi connectivity index (χ4v) is 5.30. The minimum Gasteiger partial charge on any atom is -0.356 e. The van der Waals surface area contributed by atoms with E-state index in [4.69, 9.17) is 0 Å². The summed E-state index contributed by atoms with van der Waals surface area (Å²) in [6.45, 7) is 6.09. The minimum absolute atomic E-state index is 0.245. The van der Waals surface area contributed by atoms with Crippen molar-refractivity contribution in [2.45, 2.75) is 45.1 Å². The summed E-state index contributed by atoms with van der Waals surface area (Å²) in [7, 11) is -1.31. The lowest BCUT2D eigenvalue weighted by Gasteiger charge is -2.32. The number of piperidine rings is 1. The Labute approximate surface area is 155 Å². The van der Waals surface area contributed by atoms with Gasteiger partial charge in [-0.05, 0) is 30.7 Å². The lowest BCUT2D eigenvalue weighted by Crippen LogP contribution is -2.50. The highest BCUT2D eigenvalue weighted by Crippen LogP contribution is 2.19. The van der Waals surface area contributed by atoms with Gasteiger partial charge in [0.15, 0.2) is 5.96 Å². The predicted octanol–water partition coefficient (Wildman–Crippen LogP) is 2.22. The minimum atomic E-state index is -3.08. The van der Waals surface area contributed by atoms with Crippen molar-refractivity contribution in [1.29, 1.82) is 0 Å². The zero-order chi connectivity index (χ0) is 18.3. The molecule has 1 aromatic heterocycles. The van der Waals surface area contributed by atoms with Crippen LogP contribution in [0.1, 0.15) is 43.9 Å². The quantitative estimate of drug-likeness (QED) is 0.557. The maximum Gasteiger partial charge on any atom is 0.214 e. The molecule has 0 radical (unpaired) electrons. The molecule has 0 aliphatic carbocycles. The highest BCUT2D eigenvalue weighted by Gasteiger charge is 2.27. The van der Waals surface area contributed by atoms with Crippen molar-refractivity contribution in [3.8, 4) is 0 Å². The summed E-state index contributed by atoms with van der Waals surface area (Å²) < 4.78 is 25.9. The van der Waals surface area contributed by atoms with Gasteiger partial charge in [0.1, 0.15) is 0 Å². The van der Waals surface area contributed by atoms with Crippen molar-refractivity contribution >= 4 is 27.3 Å². The summed E-state index contributed by atoms with van der Waals surface area (Å²) in [6, 6.07) is 4.49. The number of hydrogen-bond acceptors (Lipinski definition) is 4. The molecule has 1 aromatic rings. The average Bonchev–Trinajstić information content (AvgIpc) is 3.13. The van der Waals surface area contributed by atoms with Crippen LogP contribution in [0.4, 0.5) is 0 Å². The largest absolute Gasteiger partial charge is 0.356 e. The van der Waals surface area contributed by atoms with Crippen LogP contribution in [-0.2, 0) is 10.0 Å². The first-order valence-electron chi connectivity index (χ1n) is 8.94. The van der Waals surface area contributed by atoms with Crippen molar-refractivity contribution in [3.63, 3.8) is 0 Å². The number of nitrogens with one attached hydrogen (secondary N) is 2. The molecule has 0 aromatic carbocycles. The second kappa shape index (κ2) is 9.54. The molecule has 8 heteroatoms. The van der Waals surface area contributed by atoms with Gasteiger partial charge >= 0.3 is 0 Å². The smallest absolute Gasteiger partial charge is 0.214 e. The molecule has 1 fully saturated rings. The number of nitrogens with zero attached hydrogens (tertiary/aromatic N) is 2. The van der Waals surface area contributed by atoms with E-state index in [2.05, 4.69) is 40.1 Å². The van der Waals surface area contributed by atoms with Crippen molar-refractivity contribution in [2.75, 3.05) is 32.4 Å². The van der Waals surface area contributed by atoms with Crippen LogP contribution < -0.4 is 10.6 Å². The monoisotopic (exact) mass is 386 g/mol. The van der Waals surface area contributed by atoms with Gasteiger partial charge in [-0.15, -0.1) is 11.3 Å². The van der Waals surface area contributed by atoms with E-state index in [1.807, 2.05) is 6.92 Å². The third-order valence-corrected chi connectivity index (χ3v) is 7.66. The Kier molecular flexibility index (Phi) is 7.71. The van der Waals surface area contributed by atoms with Gasteiger partial charge in [-0.2, -0.15) is 0 Å². The SMILES string of the molecule is CCCS(=O)(=O)N1CCC(NC(=NC)NCC(C)c2cccs2)CC1. The molecule has 1 atom stereocenters. The Morgan fingerprint density at radius 2 is 2.16 bits per heavy atom. The van der Waals surface area contributed by atoms with E-state index in [0.29, 0.717) is 25.4 Å². The first-order valence-corrected chi connectivity index (χ1v) is 11.4. The van der Waals surface area contributed by atoms with E-state index >= 15 is 0 Å². The van der Waals surface area contributed by atoms with Crippen LogP contribution in [0, 0.1) is 0 Å². The maximum absolute atomic E-state index is 12.1. The van der Waals surface area contributed by atoms with Gasteiger partial charge < -0.3 is 10.6 Å². The number of sulfonamides is 1. The maximum atomic E-state index is 12.1. The Morgan fingerprint density at radius 3 is 2.72 bits per heavy atom. The third-order valence-electron chi connectivity index (χ3n) is 4.48. The van der Waals surface area contributed by atoms with Gasteiger partial charge in [0.05, 0.1) is 5.75 Å². The van der Waals surface area contributed by atoms with Crippen molar-refractivity contribution < 1.29 is 8.42 Å². The number of rotatable bonds is 7. The molecular formula is C17H30N4O2S2. The number of guanidine groups is 1. The molecule has 1 aliphatic heterocycles. The topological polar surface area (TPSA) is 73.8 Å². The van der Waals surface area contributed by atoms with E-state index in [1.165, 1.54) is 4.88 Å². The van der Waals surface area contributed by atoms with Crippen molar-refractivity contribution in [1.82, 2.24) is 14.9 Å². The average molecular weight is 387 g/mol. The Morgan fingerprint density at radius 1 is 1.44 bits per heavy atom. The molecule has 0 spiro atoms. The lowest BCUT2D eigenvalue weighted by molar-refractivity contribution is 0.306. The van der Waals surface area contributed by atoms with Crippen LogP contribution in [0.2, 0.25) is 0 Å². The van der Waals surface area contributed by atoms with E-state index < -0.39 is 10.0 Å². The second-order valence-corrected chi connectivity index (χ2v) is 9.57. The second-order valence-electron chi connectivity index (χ2n) is 6.50. The summed E-state index contributed by atoms with van der Waals surface area (Å²) in [5, 5.41) is 8.91. The summed E-state index contributed by atoms with van der Waals surface area (Å²) in [5.41, 5.74) is 0. The highest BCUT2D eigenvalue weighted by atomic mass is 32.2. The van der Waals surface area contributed by atoms with Crippen LogP contribution in [0.15, 0.2) is 22.5 Å². The molecule has 25 heavy (non-hydrogen) atoms. The zero-order valence-corrected chi connectivity index (χ0v) is 17.0. The first kappa shape index (κ1) is 20.2. The van der Waals surface area contributed by atoms with E-state index in [0.717, 1.165) is 25.3 Å². The molecule has 1 unspecified atom stereocenters. The molecular weight excluding hydrogens is 356 g/mol. The molecule has 1 saturated heterocycles. The standard InChI is InChI=1S/C17H30N4O2S2/c1-4-12-25(22,23)21-9-7-15(8-10-21)20-17(18-3)19-13-14(2)16-6-5-11-24-16/h5-6,11,14-15H,4,7-10,12-13H2,1-3H3,(H2,18,19,20). The molecule has 142 valence electrons. The molecule has 2 rings (SSSR count). The van der Waals surface area contributed by atoms with Gasteiger partial charge in [0.2, 0.25) is 10.0 Å². The van der Waals surface area contributed by atoms with Gasteiger partial charge in [-0.3, -0.25) is 4.99 Å². The fraction of sp³-hybridized carbons (Fsp3) is 0.706. The summed E-state index contributed by atoms with van der Waals surface area (Å²) in [5.74, 6) is 1.47. The highest BCUT2D eigenvalue weighted by molar-refractivity contribution is 7.89. The molecule has 6 nitrogen and oxygen atoms in total. The van der Waals surface area contributed by atoms with Crippen LogP contribution in [0.3, 0.4) is 0 Å². The van der Waals surface area contributed by atoms with Crippen LogP contribution in [0.5, 0.6) is 0 Å². The number of hydrogen-bond donors (Lipinski definition) is 2. The molecule has 0 amide bonds. The van der Waals surface area contributed by atoms with Gasteiger partial charge in [0.25, 0.3) is 0 Å². The van der Waals surface area contributed by atoms with E-state index in [-0.39, 0.29) is 11.8 Å². The first-order chi connectivity index (χ1) is 12.0. The summed E-state index contributed by atoms with van der Waals surface area (Å²) in [6.07, 6.45) is 2.29. The molecule has 0 saturated carbocycles. The Balaban J connectivity index is 1.77. The van der Waals surface area contributed by atoms with Gasteiger partial charge in [-0.25, -0.2) is 12.7 Å². The van der Waals surface area contributed by atoms with Crippen molar-refractivity contribution in [3.05, 3.63) is 22.4 Å².